The predicted octanol–water partition coefficient (Wildman–Crippen LogP) is 1.09. The van der Waals surface area contributed by atoms with Crippen LogP contribution in [0, 0.1) is 6.92 Å². The van der Waals surface area contributed by atoms with Gasteiger partial charge >= 0.3 is 7.12 Å². The molecule has 0 spiro atoms. The Morgan fingerprint density at radius 3 is 2.76 bits per heavy atom. The Balaban J connectivity index is 1.58. The van der Waals surface area contributed by atoms with Gasteiger partial charge in [0, 0.05) is 37.5 Å². The Kier molecular flexibility index (Phi) is 5.47. The lowest BCUT2D eigenvalue weighted by atomic mass is 9.79. The monoisotopic (exact) mass is 456 g/mol. The summed E-state index contributed by atoms with van der Waals surface area (Å²) in [5.74, 6) is 1.68. The molecule has 1 aliphatic heterocycles. The molecule has 34 heavy (non-hydrogen) atoms. The van der Waals surface area contributed by atoms with Gasteiger partial charge in [0.1, 0.15) is 17.3 Å². The maximum atomic E-state index is 11.9. The zero-order chi connectivity index (χ0) is 24.0. The van der Waals surface area contributed by atoms with Gasteiger partial charge in [0.2, 0.25) is 0 Å². The van der Waals surface area contributed by atoms with E-state index in [9.17, 15) is 14.8 Å². The first kappa shape index (κ1) is 21.9. The lowest BCUT2D eigenvalue weighted by Crippen LogP contribution is -2.30. The zero-order valence-corrected chi connectivity index (χ0v) is 19.0. The molecule has 5 rings (SSSR count). The number of rotatable bonds is 6. The van der Waals surface area contributed by atoms with Gasteiger partial charge in [-0.3, -0.25) is 4.79 Å². The highest BCUT2D eigenvalue weighted by molar-refractivity contribution is 6.58. The van der Waals surface area contributed by atoms with Crippen molar-refractivity contribution in [1.82, 2.24) is 14.4 Å². The molecule has 0 fully saturated rings. The number of hydrogen-bond donors (Lipinski definition) is 4. The van der Waals surface area contributed by atoms with Crippen LogP contribution in [0.3, 0.4) is 0 Å². The molecule has 4 aromatic rings. The van der Waals surface area contributed by atoms with Gasteiger partial charge in [0.15, 0.2) is 5.82 Å². The number of carbonyl (C=O) groups excluding carboxylic acids is 1. The molecule has 10 heteroatoms. The topological polar surface area (TPSA) is 129 Å². The van der Waals surface area contributed by atoms with Crippen LogP contribution in [0.4, 0.5) is 11.6 Å². The minimum absolute atomic E-state index is 0.398. The molecule has 5 N–H and O–H groups in total. The molecular formula is C24H25BN6O3. The smallest absolute Gasteiger partial charge is 0.423 e. The number of nitrogens with zero attached hydrogens (tertiary/aromatic N) is 4. The second kappa shape index (κ2) is 8.47. The molecule has 1 amide bonds. The van der Waals surface area contributed by atoms with Crippen molar-refractivity contribution in [3.05, 3.63) is 71.0 Å². The number of carbonyl (C=O) groups is 1. The lowest BCUT2D eigenvalue weighted by Gasteiger charge is -2.15. The molecule has 0 saturated heterocycles. The molecule has 1 aromatic carbocycles. The van der Waals surface area contributed by atoms with Crippen LogP contribution in [-0.2, 0) is 13.0 Å². The molecule has 172 valence electrons. The minimum atomic E-state index is -1.51. The molecule has 3 aromatic heterocycles. The number of aromatic nitrogens is 3. The van der Waals surface area contributed by atoms with Crippen LogP contribution in [0.5, 0.6) is 0 Å². The van der Waals surface area contributed by atoms with E-state index >= 15 is 0 Å². The van der Waals surface area contributed by atoms with Gasteiger partial charge in [-0.25, -0.2) is 9.97 Å². The normalized spacial score (nSPS) is 12.8. The second-order valence-electron chi connectivity index (χ2n) is 8.56. The number of fused-ring (bicyclic) bond motifs is 2. The Morgan fingerprint density at radius 2 is 2.00 bits per heavy atom. The maximum Gasteiger partial charge on any atom is 0.488 e. The van der Waals surface area contributed by atoms with Gasteiger partial charge in [-0.1, -0.05) is 30.3 Å². The van der Waals surface area contributed by atoms with Crippen LogP contribution in [0.1, 0.15) is 27.2 Å². The quantitative estimate of drug-likeness (QED) is 0.320. The fraction of sp³-hybridized carbons (Fsp3) is 0.208. The molecule has 0 bridgehead atoms. The summed E-state index contributed by atoms with van der Waals surface area (Å²) in [7, 11) is 0.494. The number of hydrogen-bond acceptors (Lipinski definition) is 7. The Labute approximate surface area is 197 Å². The Morgan fingerprint density at radius 1 is 1.21 bits per heavy atom. The number of nitrogens with two attached hydrogens (primary N) is 1. The van der Waals surface area contributed by atoms with Crippen molar-refractivity contribution in [2.45, 2.75) is 19.9 Å². The van der Waals surface area contributed by atoms with Crippen molar-refractivity contribution in [2.24, 2.45) is 5.73 Å². The van der Waals surface area contributed by atoms with Gasteiger partial charge in [-0.15, -0.1) is 0 Å². The van der Waals surface area contributed by atoms with E-state index in [1.807, 2.05) is 32.3 Å². The first-order valence-corrected chi connectivity index (χ1v) is 11.0. The average Bonchev–Trinajstić information content (AvgIpc) is 3.36. The highest BCUT2D eigenvalue weighted by atomic mass is 16.4. The number of nitrogens with one attached hydrogen (secondary N) is 1. The number of benzene rings is 1. The first-order valence-electron chi connectivity index (χ1n) is 11.0. The summed E-state index contributed by atoms with van der Waals surface area (Å²) in [5.41, 5.74) is 11.0. The van der Waals surface area contributed by atoms with Gasteiger partial charge in [0.05, 0.1) is 5.52 Å². The van der Waals surface area contributed by atoms with Crippen LogP contribution in [-0.4, -0.2) is 51.0 Å². The summed E-state index contributed by atoms with van der Waals surface area (Å²) < 4.78 is 1.78. The van der Waals surface area contributed by atoms with E-state index in [4.69, 9.17) is 15.7 Å². The summed E-state index contributed by atoms with van der Waals surface area (Å²) in [6.45, 7) is 3.27. The third kappa shape index (κ3) is 3.76. The second-order valence-corrected chi connectivity index (χ2v) is 8.56. The van der Waals surface area contributed by atoms with Crippen molar-refractivity contribution in [1.29, 1.82) is 0 Å². The van der Waals surface area contributed by atoms with E-state index in [2.05, 4.69) is 10.2 Å². The highest BCUT2D eigenvalue weighted by Crippen LogP contribution is 2.35. The number of likely N-dealkylation sites (N-methyl/N-ethyl adjacent to an activating group) is 1. The fourth-order valence-corrected chi connectivity index (χ4v) is 4.53. The fourth-order valence-electron chi connectivity index (χ4n) is 4.53. The van der Waals surface area contributed by atoms with Crippen molar-refractivity contribution >= 4 is 35.6 Å². The van der Waals surface area contributed by atoms with Crippen LogP contribution in [0.15, 0.2) is 48.7 Å². The van der Waals surface area contributed by atoms with Crippen LogP contribution < -0.4 is 21.4 Å². The van der Waals surface area contributed by atoms with E-state index in [1.54, 1.807) is 34.7 Å². The molecule has 9 nitrogen and oxygen atoms in total. The zero-order valence-electron chi connectivity index (χ0n) is 19.0. The molecule has 0 atom stereocenters. The third-order valence-corrected chi connectivity index (χ3v) is 6.23. The van der Waals surface area contributed by atoms with Gasteiger partial charge in [-0.05, 0) is 42.1 Å². The molecule has 1 aliphatic rings. The number of pyridine rings is 1. The summed E-state index contributed by atoms with van der Waals surface area (Å²) in [6.07, 6.45) is 2.70. The SMILES string of the molecule is Cc1cn2c(C(N)=O)cccc2c1-c1nc(NCc2cccc(B(O)O)c2)c2c(n1)N(C)CC2. The molecule has 0 aliphatic carbocycles. The van der Waals surface area contributed by atoms with Crippen molar-refractivity contribution < 1.29 is 14.8 Å². The van der Waals surface area contributed by atoms with Crippen LogP contribution in [0.25, 0.3) is 16.9 Å². The first-order chi connectivity index (χ1) is 16.3. The predicted molar refractivity (Wildman–Crippen MR) is 132 cm³/mol. The largest absolute Gasteiger partial charge is 0.488 e. The standard InChI is InChI=1S/C24H25BN6O3/c1-14-13-31-18(7-4-8-19(31)21(26)32)20(14)23-28-22(17-9-10-30(2)24(17)29-23)27-12-15-5-3-6-16(11-15)25(33)34/h3-8,11,13,33-34H,9-10,12H2,1-2H3,(H2,26,32)(H,27,28,29). The number of primary amides is 1. The number of amides is 1. The van der Waals surface area contributed by atoms with Crippen molar-refractivity contribution in [3.63, 3.8) is 0 Å². The van der Waals surface area contributed by atoms with E-state index in [0.717, 1.165) is 52.4 Å². The van der Waals surface area contributed by atoms with Gasteiger partial charge < -0.3 is 30.4 Å². The average molecular weight is 456 g/mol. The summed E-state index contributed by atoms with van der Waals surface area (Å²) >= 11 is 0. The van der Waals surface area contributed by atoms with Gasteiger partial charge in [0.25, 0.3) is 5.91 Å². The van der Waals surface area contributed by atoms with Gasteiger partial charge in [-0.2, -0.15) is 0 Å². The molecular weight excluding hydrogens is 431 g/mol. The minimum Gasteiger partial charge on any atom is -0.423 e. The number of aryl methyl sites for hydroxylation is 1. The van der Waals surface area contributed by atoms with Crippen LogP contribution in [0.2, 0.25) is 0 Å². The summed E-state index contributed by atoms with van der Waals surface area (Å²) in [6, 6.07) is 12.6. The van der Waals surface area contributed by atoms with E-state index in [-0.39, 0.29) is 0 Å². The third-order valence-electron chi connectivity index (χ3n) is 6.23. The Hall–Kier alpha value is -3.89. The molecule has 0 saturated carbocycles. The summed E-state index contributed by atoms with van der Waals surface area (Å²) in [5, 5.41) is 22.4. The van der Waals surface area contributed by atoms with Crippen LogP contribution >= 0.6 is 0 Å². The maximum absolute atomic E-state index is 11.9. The van der Waals surface area contributed by atoms with E-state index in [0.29, 0.717) is 23.5 Å². The number of anilines is 2. The Bertz CT molecular complexity index is 1420. The lowest BCUT2D eigenvalue weighted by molar-refractivity contribution is 0.0994. The molecule has 0 radical (unpaired) electrons. The highest BCUT2D eigenvalue weighted by Gasteiger charge is 2.25. The van der Waals surface area contributed by atoms with E-state index in [1.165, 1.54) is 0 Å². The molecule has 0 unspecified atom stereocenters. The van der Waals surface area contributed by atoms with E-state index < -0.39 is 13.0 Å². The van der Waals surface area contributed by atoms with Crippen molar-refractivity contribution in [2.75, 3.05) is 23.8 Å². The van der Waals surface area contributed by atoms with Crippen molar-refractivity contribution in [3.8, 4) is 11.4 Å². The molecule has 4 heterocycles. The summed E-state index contributed by atoms with van der Waals surface area (Å²) in [4.78, 5) is 23.8.